The predicted octanol–water partition coefficient (Wildman–Crippen LogP) is 1.90. The van der Waals surface area contributed by atoms with Crippen LogP contribution in [0.4, 0.5) is 0 Å². The molecule has 2 saturated heterocycles. The Morgan fingerprint density at radius 1 is 1.28 bits per heavy atom. The van der Waals surface area contributed by atoms with Gasteiger partial charge in [0, 0.05) is 36.7 Å². The van der Waals surface area contributed by atoms with Crippen molar-refractivity contribution in [1.29, 1.82) is 0 Å². The van der Waals surface area contributed by atoms with Gasteiger partial charge in [-0.2, -0.15) is 0 Å². The van der Waals surface area contributed by atoms with Crippen molar-refractivity contribution in [2.75, 3.05) is 26.3 Å². The van der Waals surface area contributed by atoms with E-state index in [-0.39, 0.29) is 18.4 Å². The van der Waals surface area contributed by atoms with Gasteiger partial charge >= 0.3 is 5.97 Å². The first-order valence-corrected chi connectivity index (χ1v) is 8.19. The van der Waals surface area contributed by atoms with Crippen LogP contribution >= 0.6 is 0 Å². The highest BCUT2D eigenvalue weighted by Crippen LogP contribution is 2.42. The summed E-state index contributed by atoms with van der Waals surface area (Å²) in [6.07, 6.45) is 3.41. The Bertz CT molecular complexity index is 786. The van der Waals surface area contributed by atoms with E-state index in [2.05, 4.69) is 4.98 Å². The highest BCUT2D eigenvalue weighted by molar-refractivity contribution is 5.95. The van der Waals surface area contributed by atoms with Crippen LogP contribution in [0.2, 0.25) is 0 Å². The van der Waals surface area contributed by atoms with Crippen molar-refractivity contribution in [3.8, 4) is 11.3 Å². The summed E-state index contributed by atoms with van der Waals surface area (Å²) in [5.41, 5.74) is 0.483. The molecule has 2 aliphatic rings. The lowest BCUT2D eigenvalue weighted by Gasteiger charge is -2.33. The fraction of sp³-hybridized carbons (Fsp3) is 0.389. The molecule has 0 radical (unpaired) electrons. The van der Waals surface area contributed by atoms with Gasteiger partial charge in [0.05, 0.1) is 18.2 Å². The summed E-state index contributed by atoms with van der Waals surface area (Å²) in [5, 5.41) is 9.70. The lowest BCUT2D eigenvalue weighted by molar-refractivity contribution is -0.157. The predicted molar refractivity (Wildman–Crippen MR) is 86.8 cm³/mol. The molecular formula is C18H18N2O5. The molecule has 7 nitrogen and oxygen atoms in total. The van der Waals surface area contributed by atoms with Crippen molar-refractivity contribution in [1.82, 2.24) is 9.88 Å². The summed E-state index contributed by atoms with van der Waals surface area (Å²) in [4.78, 5) is 30.1. The third kappa shape index (κ3) is 2.60. The molecule has 1 amide bonds. The van der Waals surface area contributed by atoms with E-state index in [4.69, 9.17) is 9.15 Å². The number of aliphatic carboxylic acids is 1. The molecule has 0 aliphatic carbocycles. The molecule has 7 heteroatoms. The summed E-state index contributed by atoms with van der Waals surface area (Å²) in [6, 6.07) is 7.05. The largest absolute Gasteiger partial charge is 0.481 e. The van der Waals surface area contributed by atoms with E-state index in [1.165, 1.54) is 6.39 Å². The number of likely N-dealkylation sites (tertiary alicyclic amines) is 1. The van der Waals surface area contributed by atoms with Gasteiger partial charge in [-0.15, -0.1) is 0 Å². The summed E-state index contributed by atoms with van der Waals surface area (Å²) < 4.78 is 10.7. The van der Waals surface area contributed by atoms with Crippen molar-refractivity contribution >= 4 is 11.9 Å². The molecule has 2 atom stereocenters. The van der Waals surface area contributed by atoms with Crippen LogP contribution in [0.15, 0.2) is 41.3 Å². The van der Waals surface area contributed by atoms with Gasteiger partial charge < -0.3 is 19.2 Å². The SMILES string of the molecule is O=C(c1ccc(-c2cnco2)cc1)N1C[C@H]2COCC[C@@]2(C(=O)O)C1. The summed E-state index contributed by atoms with van der Waals surface area (Å²) in [7, 11) is 0. The topological polar surface area (TPSA) is 92.9 Å². The number of oxazole rings is 1. The van der Waals surface area contributed by atoms with E-state index >= 15 is 0 Å². The zero-order chi connectivity index (χ0) is 17.4. The molecule has 1 aromatic carbocycles. The lowest BCUT2D eigenvalue weighted by Crippen LogP contribution is -2.45. The molecule has 0 saturated carbocycles. The number of amides is 1. The van der Waals surface area contributed by atoms with Crippen molar-refractivity contribution in [2.45, 2.75) is 6.42 Å². The van der Waals surface area contributed by atoms with Gasteiger partial charge in [-0.3, -0.25) is 9.59 Å². The fourth-order valence-corrected chi connectivity index (χ4v) is 3.77. The van der Waals surface area contributed by atoms with Crippen LogP contribution in [0.1, 0.15) is 16.8 Å². The van der Waals surface area contributed by atoms with Crippen LogP contribution in [0.3, 0.4) is 0 Å². The van der Waals surface area contributed by atoms with Crippen molar-refractivity contribution in [2.24, 2.45) is 11.3 Å². The van der Waals surface area contributed by atoms with Crippen molar-refractivity contribution in [3.63, 3.8) is 0 Å². The number of aromatic nitrogens is 1. The van der Waals surface area contributed by atoms with Crippen LogP contribution in [-0.4, -0.2) is 53.2 Å². The molecule has 2 fully saturated rings. The number of hydrogen-bond acceptors (Lipinski definition) is 5. The molecule has 0 unspecified atom stereocenters. The molecular weight excluding hydrogens is 324 g/mol. The third-order valence-electron chi connectivity index (χ3n) is 5.27. The maximum atomic E-state index is 12.8. The standard InChI is InChI=1S/C18H18N2O5/c21-16(13-3-1-12(2-4-13)15-7-19-11-25-15)20-8-14-9-24-6-5-18(14,10-20)17(22)23/h1-4,7,11,14H,5-6,8-10H2,(H,22,23)/t14-,18+/m0/s1. The minimum Gasteiger partial charge on any atom is -0.481 e. The average Bonchev–Trinajstić information content (AvgIpc) is 3.29. The highest BCUT2D eigenvalue weighted by atomic mass is 16.5. The first-order valence-electron chi connectivity index (χ1n) is 8.19. The Morgan fingerprint density at radius 2 is 2.08 bits per heavy atom. The second-order valence-corrected chi connectivity index (χ2v) is 6.61. The number of carboxylic acid groups (broad SMARTS) is 1. The van der Waals surface area contributed by atoms with Crippen LogP contribution < -0.4 is 0 Å². The van der Waals surface area contributed by atoms with Gasteiger partial charge in [0.15, 0.2) is 12.2 Å². The third-order valence-corrected chi connectivity index (χ3v) is 5.27. The van der Waals surface area contributed by atoms with Gasteiger partial charge in [-0.1, -0.05) is 12.1 Å². The fourth-order valence-electron chi connectivity index (χ4n) is 3.77. The molecule has 2 aliphatic heterocycles. The number of hydrogen-bond donors (Lipinski definition) is 1. The number of carbonyl (C=O) groups excluding carboxylic acids is 1. The van der Waals surface area contributed by atoms with Gasteiger partial charge in [0.25, 0.3) is 5.91 Å². The first kappa shape index (κ1) is 15.8. The Labute approximate surface area is 144 Å². The molecule has 4 rings (SSSR count). The Hall–Kier alpha value is -2.67. The quantitative estimate of drug-likeness (QED) is 0.916. The number of carboxylic acids is 1. The van der Waals surface area contributed by atoms with E-state index in [1.54, 1.807) is 35.4 Å². The molecule has 1 N–H and O–H groups in total. The molecule has 2 aromatic rings. The van der Waals surface area contributed by atoms with Crippen LogP contribution in [0.5, 0.6) is 0 Å². The smallest absolute Gasteiger partial charge is 0.311 e. The monoisotopic (exact) mass is 342 g/mol. The summed E-state index contributed by atoms with van der Waals surface area (Å²) in [5.74, 6) is -0.514. The van der Waals surface area contributed by atoms with Gasteiger partial charge in [0.1, 0.15) is 0 Å². The van der Waals surface area contributed by atoms with Crippen LogP contribution in [0.25, 0.3) is 11.3 Å². The molecule has 0 spiro atoms. The number of fused-ring (bicyclic) bond motifs is 1. The van der Waals surface area contributed by atoms with Crippen molar-refractivity contribution in [3.05, 3.63) is 42.4 Å². The van der Waals surface area contributed by atoms with Gasteiger partial charge in [0.2, 0.25) is 0 Å². The van der Waals surface area contributed by atoms with E-state index in [0.717, 1.165) is 5.56 Å². The number of nitrogens with zero attached hydrogens (tertiary/aromatic N) is 2. The normalized spacial score (nSPS) is 25.6. The molecule has 0 bridgehead atoms. The van der Waals surface area contributed by atoms with E-state index in [0.29, 0.717) is 37.5 Å². The summed E-state index contributed by atoms with van der Waals surface area (Å²) >= 11 is 0. The Morgan fingerprint density at radius 3 is 2.72 bits per heavy atom. The molecule has 25 heavy (non-hydrogen) atoms. The lowest BCUT2D eigenvalue weighted by atomic mass is 9.74. The second-order valence-electron chi connectivity index (χ2n) is 6.61. The first-order chi connectivity index (χ1) is 12.1. The maximum absolute atomic E-state index is 12.8. The van der Waals surface area contributed by atoms with E-state index in [1.807, 2.05) is 0 Å². The minimum atomic E-state index is -0.881. The number of ether oxygens (including phenoxy) is 1. The molecule has 1 aromatic heterocycles. The number of carbonyl (C=O) groups is 2. The molecule has 130 valence electrons. The van der Waals surface area contributed by atoms with E-state index < -0.39 is 11.4 Å². The minimum absolute atomic E-state index is 0.154. The van der Waals surface area contributed by atoms with E-state index in [9.17, 15) is 14.7 Å². The zero-order valence-corrected chi connectivity index (χ0v) is 13.6. The number of rotatable bonds is 3. The second kappa shape index (κ2) is 6.00. The summed E-state index contributed by atoms with van der Waals surface area (Å²) in [6.45, 7) is 1.46. The van der Waals surface area contributed by atoms with Crippen molar-refractivity contribution < 1.29 is 23.8 Å². The molecule has 3 heterocycles. The number of benzene rings is 1. The zero-order valence-electron chi connectivity index (χ0n) is 13.6. The van der Waals surface area contributed by atoms with Crippen LogP contribution in [-0.2, 0) is 9.53 Å². The average molecular weight is 342 g/mol. The van der Waals surface area contributed by atoms with Crippen LogP contribution in [0, 0.1) is 11.3 Å². The maximum Gasteiger partial charge on any atom is 0.311 e. The highest BCUT2D eigenvalue weighted by Gasteiger charge is 2.54. The van der Waals surface area contributed by atoms with Gasteiger partial charge in [-0.25, -0.2) is 4.98 Å². The van der Waals surface area contributed by atoms with Gasteiger partial charge in [-0.05, 0) is 18.6 Å². The Kier molecular flexibility index (Phi) is 3.80. The Balaban J connectivity index is 1.54.